The highest BCUT2D eigenvalue weighted by Gasteiger charge is 2.34. The first-order valence-corrected chi connectivity index (χ1v) is 10.9. The van der Waals surface area contributed by atoms with Gasteiger partial charge in [-0.05, 0) is 55.3 Å². The second-order valence-electron chi connectivity index (χ2n) is 6.95. The number of rotatable bonds is 6. The normalized spacial score (nSPS) is 17.9. The zero-order valence-electron chi connectivity index (χ0n) is 17.1. The highest BCUT2D eigenvalue weighted by Crippen LogP contribution is 2.30. The third kappa shape index (κ3) is 5.55. The predicted molar refractivity (Wildman–Crippen MR) is 123 cm³/mol. The lowest BCUT2D eigenvalue weighted by molar-refractivity contribution is -0.128. The minimum absolute atomic E-state index is 0.109. The Hall–Kier alpha value is -2.51. The molecule has 0 aliphatic carbocycles. The largest absolute Gasteiger partial charge is 0.494 e. The molecule has 0 saturated carbocycles. The second-order valence-corrected chi connectivity index (χ2v) is 8.53. The van der Waals surface area contributed by atoms with Gasteiger partial charge in [-0.2, -0.15) is 0 Å². The van der Waals surface area contributed by atoms with Crippen molar-refractivity contribution in [3.63, 3.8) is 0 Å². The molecule has 2 aromatic rings. The Morgan fingerprint density at radius 3 is 2.70 bits per heavy atom. The fourth-order valence-electron chi connectivity index (χ4n) is 2.74. The van der Waals surface area contributed by atoms with Crippen LogP contribution in [0.15, 0.2) is 47.5 Å². The Morgan fingerprint density at radius 1 is 1.30 bits per heavy atom. The summed E-state index contributed by atoms with van der Waals surface area (Å²) in [6.45, 7) is 4.60. The highest BCUT2D eigenvalue weighted by atomic mass is 35.5. The summed E-state index contributed by atoms with van der Waals surface area (Å²) in [6.07, 6.45) is 1.04. The molecule has 6 nitrogen and oxygen atoms in total. The van der Waals surface area contributed by atoms with Gasteiger partial charge in [0.05, 0.1) is 12.3 Å². The Kier molecular flexibility index (Phi) is 7.39. The van der Waals surface area contributed by atoms with Crippen LogP contribution in [0.5, 0.6) is 5.75 Å². The van der Waals surface area contributed by atoms with Gasteiger partial charge < -0.3 is 10.1 Å². The number of hydrogen-bond donors (Lipinski definition) is 1. The van der Waals surface area contributed by atoms with E-state index in [0.29, 0.717) is 28.2 Å². The molecular formula is C22H24ClN3O3S. The number of carbonyl (C=O) groups excluding carboxylic acids is 2. The molecule has 1 aliphatic heterocycles. The second kappa shape index (κ2) is 10.00. The summed E-state index contributed by atoms with van der Waals surface area (Å²) in [5.41, 5.74) is 2.24. The van der Waals surface area contributed by atoms with E-state index in [0.717, 1.165) is 17.7 Å². The van der Waals surface area contributed by atoms with E-state index in [1.165, 1.54) is 16.7 Å². The molecule has 1 fully saturated rings. The molecule has 158 valence electrons. The quantitative estimate of drug-likeness (QED) is 0.677. The number of hydrogen-bond acceptors (Lipinski definition) is 5. The summed E-state index contributed by atoms with van der Waals surface area (Å²) in [5, 5.41) is 3.38. The van der Waals surface area contributed by atoms with Crippen LogP contribution in [0.2, 0.25) is 5.02 Å². The molecule has 3 rings (SSSR count). The number of amidine groups is 1. The van der Waals surface area contributed by atoms with Crippen LogP contribution in [-0.2, 0) is 9.59 Å². The maximum atomic E-state index is 12.8. The van der Waals surface area contributed by atoms with Crippen LogP contribution < -0.4 is 10.1 Å². The van der Waals surface area contributed by atoms with Crippen molar-refractivity contribution in [3.05, 3.63) is 53.1 Å². The van der Waals surface area contributed by atoms with E-state index in [2.05, 4.69) is 10.3 Å². The molecule has 1 atom stereocenters. The number of amides is 2. The fourth-order valence-corrected chi connectivity index (χ4v) is 3.98. The third-order valence-corrected chi connectivity index (χ3v) is 6.18. The summed E-state index contributed by atoms with van der Waals surface area (Å²) >= 11 is 7.44. The van der Waals surface area contributed by atoms with Crippen LogP contribution in [0.4, 0.5) is 11.4 Å². The first-order valence-electron chi connectivity index (χ1n) is 9.69. The number of benzene rings is 2. The molecule has 1 saturated heterocycles. The van der Waals surface area contributed by atoms with Crippen LogP contribution >= 0.6 is 23.4 Å². The first kappa shape index (κ1) is 22.2. The third-order valence-electron chi connectivity index (χ3n) is 4.54. The fraction of sp³-hybridized carbons (Fsp3) is 0.318. The number of carbonyl (C=O) groups is 2. The van der Waals surface area contributed by atoms with Gasteiger partial charge in [-0.15, -0.1) is 0 Å². The summed E-state index contributed by atoms with van der Waals surface area (Å²) in [4.78, 5) is 31.2. The molecule has 2 aromatic carbocycles. The molecule has 1 heterocycles. The maximum absolute atomic E-state index is 12.8. The van der Waals surface area contributed by atoms with E-state index in [9.17, 15) is 9.59 Å². The maximum Gasteiger partial charge on any atom is 0.238 e. The lowest BCUT2D eigenvalue weighted by Gasteiger charge is -2.28. The Balaban J connectivity index is 1.71. The summed E-state index contributed by atoms with van der Waals surface area (Å²) in [5.74, 6) is 0.359. The van der Waals surface area contributed by atoms with Crippen molar-refractivity contribution in [2.24, 2.45) is 4.99 Å². The van der Waals surface area contributed by atoms with Crippen molar-refractivity contribution in [1.29, 1.82) is 0 Å². The molecule has 1 N–H and O–H groups in total. The number of aryl methyl sites for hydroxylation is 1. The number of aliphatic imine (C=N–C) groups is 1. The number of halogens is 1. The molecule has 0 aromatic heterocycles. The van der Waals surface area contributed by atoms with Crippen LogP contribution in [0, 0.1) is 6.92 Å². The van der Waals surface area contributed by atoms with Crippen molar-refractivity contribution in [3.8, 4) is 5.75 Å². The van der Waals surface area contributed by atoms with Gasteiger partial charge >= 0.3 is 0 Å². The topological polar surface area (TPSA) is 71.0 Å². The number of anilines is 1. The molecule has 0 spiro atoms. The van der Waals surface area contributed by atoms with E-state index in [1.807, 2.05) is 38.1 Å². The average molecular weight is 446 g/mol. The van der Waals surface area contributed by atoms with E-state index in [1.54, 1.807) is 25.2 Å². The molecule has 0 bridgehead atoms. The first-order chi connectivity index (χ1) is 14.4. The zero-order valence-corrected chi connectivity index (χ0v) is 18.7. The van der Waals surface area contributed by atoms with E-state index in [4.69, 9.17) is 16.3 Å². The van der Waals surface area contributed by atoms with Gasteiger partial charge in [0.25, 0.3) is 0 Å². The summed E-state index contributed by atoms with van der Waals surface area (Å²) in [6, 6.07) is 12.6. The molecule has 0 unspecified atom stereocenters. The summed E-state index contributed by atoms with van der Waals surface area (Å²) in [7, 11) is 1.66. The predicted octanol–water partition coefficient (Wildman–Crippen LogP) is 5.03. The molecule has 8 heteroatoms. The van der Waals surface area contributed by atoms with Gasteiger partial charge in [0, 0.05) is 24.2 Å². The monoisotopic (exact) mass is 445 g/mol. The van der Waals surface area contributed by atoms with E-state index >= 15 is 0 Å². The van der Waals surface area contributed by atoms with Crippen LogP contribution in [0.25, 0.3) is 0 Å². The van der Waals surface area contributed by atoms with Crippen LogP contribution in [0.3, 0.4) is 0 Å². The minimum Gasteiger partial charge on any atom is -0.494 e. The molecule has 30 heavy (non-hydrogen) atoms. The minimum atomic E-state index is -0.565. The molecular weight excluding hydrogens is 422 g/mol. The van der Waals surface area contributed by atoms with Crippen molar-refractivity contribution >= 4 is 51.7 Å². The Bertz CT molecular complexity index is 963. The Morgan fingerprint density at radius 2 is 2.03 bits per heavy atom. The SMILES string of the molecule is CCCOc1ccc(NC(=O)[C@H]2CC(=O)N(C)C(=Nc3ccc(C)c(Cl)c3)S2)cc1. The van der Waals surface area contributed by atoms with Gasteiger partial charge in [0.1, 0.15) is 11.0 Å². The van der Waals surface area contributed by atoms with Gasteiger partial charge in [0.2, 0.25) is 11.8 Å². The average Bonchev–Trinajstić information content (AvgIpc) is 2.73. The smallest absolute Gasteiger partial charge is 0.238 e. The number of nitrogens with one attached hydrogen (secondary N) is 1. The molecule has 1 aliphatic rings. The van der Waals surface area contributed by atoms with Gasteiger partial charge in [-0.3, -0.25) is 14.5 Å². The van der Waals surface area contributed by atoms with Gasteiger partial charge in [0.15, 0.2) is 5.17 Å². The van der Waals surface area contributed by atoms with Crippen LogP contribution in [-0.4, -0.2) is 40.8 Å². The lowest BCUT2D eigenvalue weighted by Crippen LogP contribution is -2.43. The van der Waals surface area contributed by atoms with Crippen molar-refractivity contribution < 1.29 is 14.3 Å². The van der Waals surface area contributed by atoms with Gasteiger partial charge in [-0.25, -0.2) is 4.99 Å². The number of thioether (sulfide) groups is 1. The summed E-state index contributed by atoms with van der Waals surface area (Å²) < 4.78 is 5.55. The highest BCUT2D eigenvalue weighted by molar-refractivity contribution is 8.15. The molecule has 0 radical (unpaired) electrons. The standard InChI is InChI=1S/C22H24ClN3O3S/c1-4-11-29-17-9-7-15(8-10-17)24-21(28)19-13-20(27)26(3)22(30-19)25-16-6-5-14(2)18(23)12-16/h5-10,12,19H,4,11,13H2,1-3H3,(H,24,28)/t19-/m1/s1. The van der Waals surface area contributed by atoms with Crippen molar-refractivity contribution in [2.75, 3.05) is 19.0 Å². The van der Waals surface area contributed by atoms with E-state index < -0.39 is 5.25 Å². The van der Waals surface area contributed by atoms with E-state index in [-0.39, 0.29) is 18.2 Å². The number of ether oxygens (including phenoxy) is 1. The Labute approximate surface area is 185 Å². The zero-order chi connectivity index (χ0) is 21.7. The van der Waals surface area contributed by atoms with Crippen molar-refractivity contribution in [2.45, 2.75) is 31.9 Å². The van der Waals surface area contributed by atoms with Crippen molar-refractivity contribution in [1.82, 2.24) is 4.90 Å². The lowest BCUT2D eigenvalue weighted by atomic mass is 10.2. The van der Waals surface area contributed by atoms with Gasteiger partial charge in [-0.1, -0.05) is 36.4 Å². The number of nitrogens with zero attached hydrogens (tertiary/aromatic N) is 2. The molecule has 2 amide bonds. The van der Waals surface area contributed by atoms with Crippen LogP contribution in [0.1, 0.15) is 25.3 Å².